The van der Waals surface area contributed by atoms with E-state index in [4.69, 9.17) is 4.74 Å². The van der Waals surface area contributed by atoms with Gasteiger partial charge in [-0.25, -0.2) is 13.6 Å². The van der Waals surface area contributed by atoms with E-state index >= 15 is 0 Å². The molecule has 1 aliphatic carbocycles. The quantitative estimate of drug-likeness (QED) is 0.638. The molecule has 6 heteroatoms. The van der Waals surface area contributed by atoms with Crippen molar-refractivity contribution in [3.05, 3.63) is 70.3 Å². The summed E-state index contributed by atoms with van der Waals surface area (Å²) in [5.74, 6) is -3.04. The molecule has 0 saturated heterocycles. The maximum Gasteiger partial charge on any atom is 0.333 e. The summed E-state index contributed by atoms with van der Waals surface area (Å²) in [4.78, 5) is 24.1. The van der Waals surface area contributed by atoms with Crippen molar-refractivity contribution >= 4 is 23.1 Å². The number of rotatable bonds is 3. The van der Waals surface area contributed by atoms with Gasteiger partial charge in [-0.1, -0.05) is 12.1 Å². The summed E-state index contributed by atoms with van der Waals surface area (Å²) < 4.78 is 32.4. The van der Waals surface area contributed by atoms with E-state index in [-0.39, 0.29) is 5.97 Å². The zero-order valence-corrected chi connectivity index (χ0v) is 15.1. The normalized spacial score (nSPS) is 15.0. The lowest BCUT2D eigenvalue weighted by molar-refractivity contribution is -0.135. The Bertz CT molecular complexity index is 930. The molecule has 4 nitrogen and oxygen atoms in total. The van der Waals surface area contributed by atoms with Crippen LogP contribution in [0.4, 0.5) is 14.5 Å². The number of carbonyl (C=O) groups excluding carboxylic acids is 2. The number of amides is 1. The van der Waals surface area contributed by atoms with Crippen LogP contribution >= 0.6 is 0 Å². The second-order valence-electron chi connectivity index (χ2n) is 6.37. The summed E-state index contributed by atoms with van der Waals surface area (Å²) in [5.41, 5.74) is 3.20. The van der Waals surface area contributed by atoms with Crippen LogP contribution in [0.25, 0.3) is 5.57 Å². The minimum absolute atomic E-state index is 0.370. The van der Waals surface area contributed by atoms with E-state index in [1.165, 1.54) is 13.2 Å². The van der Waals surface area contributed by atoms with E-state index in [1.54, 1.807) is 19.1 Å². The van der Waals surface area contributed by atoms with Gasteiger partial charge in [-0.3, -0.25) is 4.79 Å². The lowest BCUT2D eigenvalue weighted by Gasteiger charge is -2.22. The minimum Gasteiger partial charge on any atom is -0.466 e. The number of fused-ring (bicyclic) bond motifs is 1. The van der Waals surface area contributed by atoms with Gasteiger partial charge < -0.3 is 10.1 Å². The third-order valence-electron chi connectivity index (χ3n) is 4.70. The molecule has 1 aliphatic rings. The fraction of sp³-hybridized carbons (Fsp3) is 0.238. The van der Waals surface area contributed by atoms with Gasteiger partial charge in [0, 0.05) is 11.3 Å². The summed E-state index contributed by atoms with van der Waals surface area (Å²) >= 11 is 0. The van der Waals surface area contributed by atoms with E-state index in [1.807, 2.05) is 6.07 Å². The zero-order chi connectivity index (χ0) is 19.6. The van der Waals surface area contributed by atoms with Crippen molar-refractivity contribution in [3.8, 4) is 0 Å². The zero-order valence-electron chi connectivity index (χ0n) is 15.1. The molecule has 1 N–H and O–H groups in total. The van der Waals surface area contributed by atoms with Gasteiger partial charge in [0.05, 0.1) is 7.11 Å². The second-order valence-corrected chi connectivity index (χ2v) is 6.37. The first kappa shape index (κ1) is 18.8. The van der Waals surface area contributed by atoms with E-state index < -0.39 is 23.1 Å². The molecule has 3 rings (SSSR count). The van der Waals surface area contributed by atoms with E-state index in [0.717, 1.165) is 48.1 Å². The van der Waals surface area contributed by atoms with Crippen molar-refractivity contribution in [3.63, 3.8) is 0 Å². The van der Waals surface area contributed by atoms with Crippen LogP contribution < -0.4 is 5.32 Å². The Morgan fingerprint density at radius 2 is 1.78 bits per heavy atom. The van der Waals surface area contributed by atoms with Crippen molar-refractivity contribution in [1.82, 2.24) is 0 Å². The Morgan fingerprint density at radius 3 is 2.44 bits per heavy atom. The highest BCUT2D eigenvalue weighted by molar-refractivity contribution is 6.05. The van der Waals surface area contributed by atoms with Crippen LogP contribution in [-0.2, 0) is 16.0 Å². The third kappa shape index (κ3) is 3.74. The number of benzene rings is 2. The van der Waals surface area contributed by atoms with Crippen molar-refractivity contribution in [1.29, 1.82) is 0 Å². The molecule has 0 aromatic heterocycles. The summed E-state index contributed by atoms with van der Waals surface area (Å²) in [6.07, 6.45) is 2.40. The summed E-state index contributed by atoms with van der Waals surface area (Å²) in [6, 6.07) is 8.53. The van der Waals surface area contributed by atoms with Crippen LogP contribution in [0.5, 0.6) is 0 Å². The Hall–Kier alpha value is -3.02. The molecular weight excluding hydrogens is 352 g/mol. The second kappa shape index (κ2) is 7.70. The van der Waals surface area contributed by atoms with E-state index in [2.05, 4.69) is 5.32 Å². The molecule has 0 spiro atoms. The SMILES string of the molecule is COC(=O)C(C)=C1CCCc2cc(NC(=O)c3c(F)cccc3F)ccc21. The van der Waals surface area contributed by atoms with Gasteiger partial charge in [0.15, 0.2) is 0 Å². The Labute approximate surface area is 155 Å². The van der Waals surface area contributed by atoms with Gasteiger partial charge in [-0.15, -0.1) is 0 Å². The Balaban J connectivity index is 1.91. The van der Waals surface area contributed by atoms with E-state index in [0.29, 0.717) is 11.3 Å². The standard InChI is InChI=1S/C21H19F2NO3/c1-12(21(26)27-2)15-6-3-5-13-11-14(9-10-16(13)15)24-20(25)19-17(22)7-4-8-18(19)23/h4,7-11H,3,5-6H2,1-2H3,(H,24,25). The van der Waals surface area contributed by atoms with Gasteiger partial charge >= 0.3 is 5.97 Å². The first-order chi connectivity index (χ1) is 12.9. The molecule has 140 valence electrons. The first-order valence-corrected chi connectivity index (χ1v) is 8.59. The van der Waals surface area contributed by atoms with E-state index in [9.17, 15) is 18.4 Å². The van der Waals surface area contributed by atoms with Crippen molar-refractivity contribution in [2.75, 3.05) is 12.4 Å². The summed E-state index contributed by atoms with van der Waals surface area (Å²) in [6.45, 7) is 1.73. The van der Waals surface area contributed by atoms with Gasteiger partial charge in [-0.05, 0) is 67.2 Å². The number of hydrogen-bond acceptors (Lipinski definition) is 3. The van der Waals surface area contributed by atoms with Gasteiger partial charge in [0.2, 0.25) is 0 Å². The van der Waals surface area contributed by atoms with Crippen LogP contribution in [-0.4, -0.2) is 19.0 Å². The topological polar surface area (TPSA) is 55.4 Å². The molecule has 0 unspecified atom stereocenters. The number of aryl methyl sites for hydroxylation is 1. The smallest absolute Gasteiger partial charge is 0.333 e. The number of nitrogens with one attached hydrogen (secondary N) is 1. The average Bonchev–Trinajstić information content (AvgIpc) is 2.66. The van der Waals surface area contributed by atoms with Crippen LogP contribution in [0, 0.1) is 11.6 Å². The monoisotopic (exact) mass is 371 g/mol. The lowest BCUT2D eigenvalue weighted by atomic mass is 9.84. The van der Waals surface area contributed by atoms with Crippen LogP contribution in [0.15, 0.2) is 42.0 Å². The minimum atomic E-state index is -0.913. The number of ether oxygens (including phenoxy) is 1. The molecule has 2 aromatic rings. The van der Waals surface area contributed by atoms with Gasteiger partial charge in [0.1, 0.15) is 17.2 Å². The fourth-order valence-corrected chi connectivity index (χ4v) is 3.34. The van der Waals surface area contributed by atoms with Crippen molar-refractivity contribution in [2.24, 2.45) is 0 Å². The molecule has 0 fully saturated rings. The lowest BCUT2D eigenvalue weighted by Crippen LogP contribution is -2.16. The molecule has 2 aromatic carbocycles. The third-order valence-corrected chi connectivity index (χ3v) is 4.70. The summed E-state index contributed by atoms with van der Waals surface area (Å²) in [7, 11) is 1.34. The number of anilines is 1. The van der Waals surface area contributed by atoms with Gasteiger partial charge in [0.25, 0.3) is 5.91 Å². The maximum absolute atomic E-state index is 13.8. The maximum atomic E-state index is 13.8. The average molecular weight is 371 g/mol. The summed E-state index contributed by atoms with van der Waals surface area (Å²) in [5, 5.41) is 2.54. The van der Waals surface area contributed by atoms with Crippen LogP contribution in [0.3, 0.4) is 0 Å². The molecule has 0 bridgehead atoms. The highest BCUT2D eigenvalue weighted by Crippen LogP contribution is 2.35. The molecule has 1 amide bonds. The Kier molecular flexibility index (Phi) is 5.35. The number of halogens is 2. The molecule has 27 heavy (non-hydrogen) atoms. The number of carbonyl (C=O) groups is 2. The van der Waals surface area contributed by atoms with Crippen LogP contribution in [0.2, 0.25) is 0 Å². The predicted molar refractivity (Wildman–Crippen MR) is 98.3 cm³/mol. The molecule has 0 saturated carbocycles. The van der Waals surface area contributed by atoms with Crippen molar-refractivity contribution in [2.45, 2.75) is 26.2 Å². The number of hydrogen-bond donors (Lipinski definition) is 1. The van der Waals surface area contributed by atoms with Crippen LogP contribution in [0.1, 0.15) is 41.3 Å². The predicted octanol–water partition coefficient (Wildman–Crippen LogP) is 4.50. The largest absolute Gasteiger partial charge is 0.466 e. The number of esters is 1. The van der Waals surface area contributed by atoms with Crippen molar-refractivity contribution < 1.29 is 23.1 Å². The molecule has 0 radical (unpaired) electrons. The number of allylic oxidation sites excluding steroid dienone is 1. The molecular formula is C21H19F2NO3. The molecule has 0 aliphatic heterocycles. The number of methoxy groups -OCH3 is 1. The molecule has 0 atom stereocenters. The Morgan fingerprint density at radius 1 is 1.07 bits per heavy atom. The fourth-order valence-electron chi connectivity index (χ4n) is 3.34. The molecule has 0 heterocycles. The van der Waals surface area contributed by atoms with Gasteiger partial charge in [-0.2, -0.15) is 0 Å². The highest BCUT2D eigenvalue weighted by atomic mass is 19.1. The highest BCUT2D eigenvalue weighted by Gasteiger charge is 2.21. The first-order valence-electron chi connectivity index (χ1n) is 8.59.